The first-order valence-corrected chi connectivity index (χ1v) is 8.77. The van der Waals surface area contributed by atoms with Crippen molar-refractivity contribution in [3.05, 3.63) is 60.6 Å². The molecule has 1 saturated heterocycles. The molecule has 3 aromatic heterocycles. The molecule has 0 spiro atoms. The maximum atomic E-state index is 12.4. The van der Waals surface area contributed by atoms with Crippen LogP contribution in [0.25, 0.3) is 5.82 Å². The highest BCUT2D eigenvalue weighted by Gasteiger charge is 2.17. The zero-order valence-corrected chi connectivity index (χ0v) is 14.4. The summed E-state index contributed by atoms with van der Waals surface area (Å²) in [4.78, 5) is 20.7. The second kappa shape index (κ2) is 7.49. The predicted octanol–water partition coefficient (Wildman–Crippen LogP) is 1.32. The van der Waals surface area contributed by atoms with Gasteiger partial charge in [-0.1, -0.05) is 0 Å². The number of rotatable bonds is 5. The molecule has 4 rings (SSSR count). The average Bonchev–Trinajstić information content (AvgIpc) is 3.39. The van der Waals surface area contributed by atoms with Crippen LogP contribution in [0.15, 0.2) is 49.3 Å². The van der Waals surface area contributed by atoms with E-state index in [0.717, 1.165) is 37.3 Å². The van der Waals surface area contributed by atoms with Crippen LogP contribution in [0, 0.1) is 0 Å². The van der Waals surface area contributed by atoms with Crippen molar-refractivity contribution >= 4 is 5.91 Å². The highest BCUT2D eigenvalue weighted by molar-refractivity contribution is 5.92. The van der Waals surface area contributed by atoms with E-state index in [1.54, 1.807) is 24.8 Å². The highest BCUT2D eigenvalue weighted by atomic mass is 16.1. The van der Waals surface area contributed by atoms with Gasteiger partial charge in [0, 0.05) is 37.9 Å². The molecule has 2 N–H and O–H groups in total. The number of imidazole rings is 1. The van der Waals surface area contributed by atoms with Gasteiger partial charge >= 0.3 is 0 Å². The Hall–Kier alpha value is -3.00. The molecule has 134 valence electrons. The maximum absolute atomic E-state index is 12.4. The van der Waals surface area contributed by atoms with E-state index in [0.29, 0.717) is 18.3 Å². The summed E-state index contributed by atoms with van der Waals surface area (Å²) < 4.78 is 3.72. The van der Waals surface area contributed by atoms with Gasteiger partial charge in [0.1, 0.15) is 17.8 Å². The normalized spacial score (nSPS) is 17.2. The third-order valence-corrected chi connectivity index (χ3v) is 4.52. The minimum atomic E-state index is -0.173. The molecule has 0 saturated carbocycles. The van der Waals surface area contributed by atoms with Crippen molar-refractivity contribution in [2.45, 2.75) is 25.4 Å². The first-order valence-electron chi connectivity index (χ1n) is 8.77. The van der Waals surface area contributed by atoms with Gasteiger partial charge in [0.15, 0.2) is 0 Å². The van der Waals surface area contributed by atoms with Gasteiger partial charge in [-0.05, 0) is 43.1 Å². The second-order valence-corrected chi connectivity index (χ2v) is 6.36. The van der Waals surface area contributed by atoms with Crippen molar-refractivity contribution < 1.29 is 4.79 Å². The van der Waals surface area contributed by atoms with Crippen molar-refractivity contribution in [1.82, 2.24) is 34.9 Å². The topological polar surface area (TPSA) is 89.7 Å². The van der Waals surface area contributed by atoms with Gasteiger partial charge in [0.05, 0.1) is 6.04 Å². The summed E-state index contributed by atoms with van der Waals surface area (Å²) in [5, 5.41) is 10.7. The molecule has 0 aliphatic carbocycles. The Labute approximate surface area is 151 Å². The molecule has 3 aromatic rings. The number of nitrogens with one attached hydrogen (secondary N) is 2. The molecule has 1 atom stereocenters. The van der Waals surface area contributed by atoms with Gasteiger partial charge in [-0.15, -0.1) is 0 Å². The molecule has 0 radical (unpaired) electrons. The third-order valence-electron chi connectivity index (χ3n) is 4.52. The van der Waals surface area contributed by atoms with E-state index in [2.05, 4.69) is 25.7 Å². The first kappa shape index (κ1) is 16.5. The summed E-state index contributed by atoms with van der Waals surface area (Å²) in [6.45, 7) is 2.37. The van der Waals surface area contributed by atoms with Crippen LogP contribution in [0.2, 0.25) is 0 Å². The molecular formula is C18H21N7O. The molecule has 26 heavy (non-hydrogen) atoms. The quantitative estimate of drug-likeness (QED) is 0.724. The van der Waals surface area contributed by atoms with E-state index in [4.69, 9.17) is 0 Å². The Kier molecular flexibility index (Phi) is 4.74. The Morgan fingerprint density at radius 3 is 3.08 bits per heavy atom. The standard InChI is InChI=1S/C18H21N7O/c26-18(16-4-8-25(23-16)15-2-1-5-19-12-15)22-11-14-3-6-21-17(10-14)24-9-7-20-13-24/h3-4,6-10,13,15,19H,1-2,5,11-12H2,(H,22,26). The number of hydrogen-bond acceptors (Lipinski definition) is 5. The van der Waals surface area contributed by atoms with E-state index in [9.17, 15) is 4.79 Å². The third kappa shape index (κ3) is 3.65. The molecule has 8 heteroatoms. The zero-order valence-electron chi connectivity index (χ0n) is 14.4. The minimum Gasteiger partial charge on any atom is -0.347 e. The lowest BCUT2D eigenvalue weighted by Gasteiger charge is -2.22. The van der Waals surface area contributed by atoms with E-state index in [-0.39, 0.29) is 5.91 Å². The lowest BCUT2D eigenvalue weighted by atomic mass is 10.1. The summed E-state index contributed by atoms with van der Waals surface area (Å²) in [7, 11) is 0. The lowest BCUT2D eigenvalue weighted by Crippen LogP contribution is -2.32. The molecule has 8 nitrogen and oxygen atoms in total. The fraction of sp³-hybridized carbons (Fsp3) is 0.333. The summed E-state index contributed by atoms with van der Waals surface area (Å²) in [6.07, 6.45) is 11.1. The Bertz CT molecular complexity index is 865. The van der Waals surface area contributed by atoms with Gasteiger partial charge in [-0.25, -0.2) is 9.97 Å². The average molecular weight is 351 g/mol. The molecule has 1 amide bonds. The van der Waals surface area contributed by atoms with Crippen LogP contribution in [-0.2, 0) is 6.54 Å². The molecule has 1 fully saturated rings. The van der Waals surface area contributed by atoms with Crippen LogP contribution in [0.1, 0.15) is 34.9 Å². The summed E-state index contributed by atoms with van der Waals surface area (Å²) in [5.41, 5.74) is 1.41. The fourth-order valence-electron chi connectivity index (χ4n) is 3.10. The number of pyridine rings is 1. The van der Waals surface area contributed by atoms with Crippen LogP contribution in [0.5, 0.6) is 0 Å². The van der Waals surface area contributed by atoms with Gasteiger partial charge in [0.25, 0.3) is 5.91 Å². The Morgan fingerprint density at radius 1 is 1.31 bits per heavy atom. The van der Waals surface area contributed by atoms with Crippen LogP contribution >= 0.6 is 0 Å². The molecule has 1 aliphatic heterocycles. The fourth-order valence-corrected chi connectivity index (χ4v) is 3.10. The number of aromatic nitrogens is 5. The largest absolute Gasteiger partial charge is 0.347 e. The minimum absolute atomic E-state index is 0.173. The maximum Gasteiger partial charge on any atom is 0.272 e. The SMILES string of the molecule is O=C(NCc1ccnc(-n2ccnc2)c1)c1ccn(C2CCCNC2)n1. The molecule has 1 unspecified atom stereocenters. The molecular weight excluding hydrogens is 330 g/mol. The van der Waals surface area contributed by atoms with Crippen LogP contribution < -0.4 is 10.6 Å². The van der Waals surface area contributed by atoms with Crippen molar-refractivity contribution in [2.75, 3.05) is 13.1 Å². The number of carbonyl (C=O) groups is 1. The molecule has 1 aliphatic rings. The monoisotopic (exact) mass is 351 g/mol. The van der Waals surface area contributed by atoms with Crippen molar-refractivity contribution in [3.63, 3.8) is 0 Å². The Balaban J connectivity index is 1.38. The van der Waals surface area contributed by atoms with Gasteiger partial charge in [0.2, 0.25) is 0 Å². The second-order valence-electron chi connectivity index (χ2n) is 6.36. The zero-order chi connectivity index (χ0) is 17.8. The molecule has 0 bridgehead atoms. The summed E-state index contributed by atoms with van der Waals surface area (Å²) in [6, 6.07) is 5.90. The van der Waals surface area contributed by atoms with E-state index in [1.807, 2.05) is 33.8 Å². The van der Waals surface area contributed by atoms with Crippen LogP contribution in [-0.4, -0.2) is 43.3 Å². The van der Waals surface area contributed by atoms with E-state index >= 15 is 0 Å². The van der Waals surface area contributed by atoms with Gasteiger partial charge in [-0.2, -0.15) is 5.10 Å². The lowest BCUT2D eigenvalue weighted by molar-refractivity contribution is 0.0944. The Morgan fingerprint density at radius 2 is 2.27 bits per heavy atom. The number of nitrogens with zero attached hydrogens (tertiary/aromatic N) is 5. The van der Waals surface area contributed by atoms with Gasteiger partial charge < -0.3 is 10.6 Å². The summed E-state index contributed by atoms with van der Waals surface area (Å²) >= 11 is 0. The van der Waals surface area contributed by atoms with Crippen molar-refractivity contribution in [1.29, 1.82) is 0 Å². The number of amides is 1. The molecule has 0 aromatic carbocycles. The smallest absolute Gasteiger partial charge is 0.272 e. The van der Waals surface area contributed by atoms with E-state index < -0.39 is 0 Å². The highest BCUT2D eigenvalue weighted by Crippen LogP contribution is 2.15. The van der Waals surface area contributed by atoms with Crippen molar-refractivity contribution in [2.24, 2.45) is 0 Å². The van der Waals surface area contributed by atoms with Crippen LogP contribution in [0.3, 0.4) is 0 Å². The summed E-state index contributed by atoms with van der Waals surface area (Å²) in [5.74, 6) is 0.594. The van der Waals surface area contributed by atoms with E-state index in [1.165, 1.54) is 0 Å². The molecule has 4 heterocycles. The predicted molar refractivity (Wildman–Crippen MR) is 95.9 cm³/mol. The van der Waals surface area contributed by atoms with Gasteiger partial charge in [-0.3, -0.25) is 14.0 Å². The van der Waals surface area contributed by atoms with Crippen molar-refractivity contribution in [3.8, 4) is 5.82 Å². The number of carbonyl (C=O) groups excluding carboxylic acids is 1. The first-order chi connectivity index (χ1) is 12.8. The number of piperidine rings is 1. The van der Waals surface area contributed by atoms with Crippen LogP contribution in [0.4, 0.5) is 0 Å². The number of hydrogen-bond donors (Lipinski definition) is 2.